The average Bonchev–Trinajstić information content (AvgIpc) is 2.73. The standard InChI is InChI=1S/C21H30N4O6S/c1-21(2,3)31-20(28)24-11-8-16(9-12-24)23-19(27)15-4-6-17(7-5-15)32(29,30)25-13-10-22-18(26)14-25/h4-7,16H,8-14H2,1-3H3,(H,22,26)(H,23,27). The second kappa shape index (κ2) is 9.45. The highest BCUT2D eigenvalue weighted by atomic mass is 32.2. The van der Waals surface area contributed by atoms with E-state index in [0.717, 1.165) is 4.31 Å². The fraction of sp³-hybridized carbons (Fsp3) is 0.571. The molecule has 1 aromatic carbocycles. The maximum Gasteiger partial charge on any atom is 0.410 e. The summed E-state index contributed by atoms with van der Waals surface area (Å²) in [7, 11) is -3.80. The number of piperidine rings is 1. The molecule has 2 heterocycles. The second-order valence-electron chi connectivity index (χ2n) is 8.93. The Morgan fingerprint density at radius 1 is 1.09 bits per heavy atom. The van der Waals surface area contributed by atoms with Crippen molar-refractivity contribution in [1.82, 2.24) is 19.8 Å². The molecule has 2 fully saturated rings. The number of sulfonamides is 1. The number of nitrogens with one attached hydrogen (secondary N) is 2. The van der Waals surface area contributed by atoms with Crippen molar-refractivity contribution in [2.75, 3.05) is 32.7 Å². The first-order valence-electron chi connectivity index (χ1n) is 10.6. The van der Waals surface area contributed by atoms with E-state index in [1.54, 1.807) is 4.90 Å². The van der Waals surface area contributed by atoms with Gasteiger partial charge in [-0.2, -0.15) is 4.31 Å². The molecule has 0 unspecified atom stereocenters. The van der Waals surface area contributed by atoms with Crippen LogP contribution in [0.3, 0.4) is 0 Å². The van der Waals surface area contributed by atoms with Gasteiger partial charge in [-0.3, -0.25) is 9.59 Å². The van der Waals surface area contributed by atoms with E-state index in [2.05, 4.69) is 10.6 Å². The van der Waals surface area contributed by atoms with Crippen LogP contribution in [0.4, 0.5) is 4.79 Å². The first-order chi connectivity index (χ1) is 15.0. The Hall–Kier alpha value is -2.66. The van der Waals surface area contributed by atoms with Gasteiger partial charge in [-0.05, 0) is 57.9 Å². The van der Waals surface area contributed by atoms with Crippen LogP contribution in [0, 0.1) is 0 Å². The van der Waals surface area contributed by atoms with E-state index >= 15 is 0 Å². The summed E-state index contributed by atoms with van der Waals surface area (Å²) in [6.45, 7) is 6.68. The van der Waals surface area contributed by atoms with Crippen molar-refractivity contribution < 1.29 is 27.5 Å². The van der Waals surface area contributed by atoms with Crippen molar-refractivity contribution in [1.29, 1.82) is 0 Å². The van der Waals surface area contributed by atoms with E-state index in [-0.39, 0.29) is 48.5 Å². The second-order valence-corrected chi connectivity index (χ2v) is 10.9. The lowest BCUT2D eigenvalue weighted by Crippen LogP contribution is -2.49. The SMILES string of the molecule is CC(C)(C)OC(=O)N1CCC(NC(=O)c2ccc(S(=O)(=O)N3CCNC(=O)C3)cc2)CC1. The van der Waals surface area contributed by atoms with Gasteiger partial charge in [-0.25, -0.2) is 13.2 Å². The van der Waals surface area contributed by atoms with Crippen LogP contribution in [-0.4, -0.2) is 79.9 Å². The van der Waals surface area contributed by atoms with Crippen LogP contribution in [0.25, 0.3) is 0 Å². The van der Waals surface area contributed by atoms with E-state index in [1.807, 2.05) is 20.8 Å². The van der Waals surface area contributed by atoms with Gasteiger partial charge in [0.1, 0.15) is 5.60 Å². The predicted octanol–water partition coefficient (Wildman–Crippen LogP) is 0.936. The Morgan fingerprint density at radius 2 is 1.72 bits per heavy atom. The summed E-state index contributed by atoms with van der Waals surface area (Å²) in [5.74, 6) is -0.643. The average molecular weight is 467 g/mol. The van der Waals surface area contributed by atoms with Gasteiger partial charge in [0.25, 0.3) is 5.91 Å². The third-order valence-corrected chi connectivity index (χ3v) is 7.10. The fourth-order valence-electron chi connectivity index (χ4n) is 3.55. The van der Waals surface area contributed by atoms with Crippen molar-refractivity contribution >= 4 is 27.9 Å². The quantitative estimate of drug-likeness (QED) is 0.680. The molecule has 1 aromatic rings. The van der Waals surface area contributed by atoms with E-state index in [9.17, 15) is 22.8 Å². The highest BCUT2D eigenvalue weighted by Gasteiger charge is 2.30. The zero-order valence-corrected chi connectivity index (χ0v) is 19.4. The summed E-state index contributed by atoms with van der Waals surface area (Å²) < 4.78 is 31.9. The molecule has 10 nitrogen and oxygen atoms in total. The fourth-order valence-corrected chi connectivity index (χ4v) is 4.95. The van der Waals surface area contributed by atoms with Crippen molar-refractivity contribution in [2.24, 2.45) is 0 Å². The van der Waals surface area contributed by atoms with Crippen LogP contribution in [0.5, 0.6) is 0 Å². The van der Waals surface area contributed by atoms with E-state index in [1.165, 1.54) is 24.3 Å². The molecule has 0 spiro atoms. The van der Waals surface area contributed by atoms with Gasteiger partial charge < -0.3 is 20.3 Å². The molecule has 3 rings (SSSR count). The zero-order valence-electron chi connectivity index (χ0n) is 18.6. The minimum absolute atomic E-state index is 0.0365. The van der Waals surface area contributed by atoms with Gasteiger partial charge in [0.2, 0.25) is 15.9 Å². The number of ether oxygens (including phenoxy) is 1. The molecule has 32 heavy (non-hydrogen) atoms. The molecule has 2 saturated heterocycles. The number of rotatable bonds is 4. The Kier molecular flexibility index (Phi) is 7.09. The highest BCUT2D eigenvalue weighted by Crippen LogP contribution is 2.19. The molecule has 2 N–H and O–H groups in total. The number of nitrogens with zero attached hydrogens (tertiary/aromatic N) is 2. The number of hydrogen-bond donors (Lipinski definition) is 2. The Bertz CT molecular complexity index is 963. The van der Waals surface area contributed by atoms with Crippen LogP contribution >= 0.6 is 0 Å². The molecule has 3 amide bonds. The lowest BCUT2D eigenvalue weighted by molar-refractivity contribution is -0.122. The third-order valence-electron chi connectivity index (χ3n) is 5.24. The summed E-state index contributed by atoms with van der Waals surface area (Å²) in [6, 6.07) is 5.59. The molecular formula is C21H30N4O6S. The van der Waals surface area contributed by atoms with Crippen LogP contribution < -0.4 is 10.6 Å². The monoisotopic (exact) mass is 466 g/mol. The van der Waals surface area contributed by atoms with Gasteiger partial charge in [0.05, 0.1) is 11.4 Å². The summed E-state index contributed by atoms with van der Waals surface area (Å²) in [5.41, 5.74) is -0.211. The molecule has 0 aliphatic carbocycles. The van der Waals surface area contributed by atoms with Crippen molar-refractivity contribution in [3.63, 3.8) is 0 Å². The molecule has 0 radical (unpaired) electrons. The summed E-state index contributed by atoms with van der Waals surface area (Å²) in [6.07, 6.45) is 0.855. The third kappa shape index (κ3) is 5.98. The minimum atomic E-state index is -3.80. The molecular weight excluding hydrogens is 436 g/mol. The lowest BCUT2D eigenvalue weighted by Gasteiger charge is -2.33. The van der Waals surface area contributed by atoms with Gasteiger partial charge in [0, 0.05) is 37.8 Å². The normalized spacial score (nSPS) is 18.7. The van der Waals surface area contributed by atoms with Gasteiger partial charge in [-0.1, -0.05) is 0 Å². The largest absolute Gasteiger partial charge is 0.444 e. The highest BCUT2D eigenvalue weighted by molar-refractivity contribution is 7.89. The smallest absolute Gasteiger partial charge is 0.410 e. The number of benzene rings is 1. The van der Waals surface area contributed by atoms with Crippen LogP contribution in [-0.2, 0) is 19.6 Å². The molecule has 0 atom stereocenters. The maximum absolute atomic E-state index is 12.7. The number of likely N-dealkylation sites (tertiary alicyclic amines) is 1. The Labute approximate surface area is 188 Å². The molecule has 0 aromatic heterocycles. The molecule has 0 saturated carbocycles. The first kappa shape index (κ1) is 24.0. The number of hydrogen-bond acceptors (Lipinski definition) is 6. The van der Waals surface area contributed by atoms with Crippen LogP contribution in [0.15, 0.2) is 29.2 Å². The van der Waals surface area contributed by atoms with Gasteiger partial charge >= 0.3 is 6.09 Å². The lowest BCUT2D eigenvalue weighted by atomic mass is 10.0. The molecule has 0 bridgehead atoms. The molecule has 11 heteroatoms. The number of carbonyl (C=O) groups excluding carboxylic acids is 3. The Morgan fingerprint density at radius 3 is 2.28 bits per heavy atom. The molecule has 176 valence electrons. The van der Waals surface area contributed by atoms with Crippen molar-refractivity contribution in [3.05, 3.63) is 29.8 Å². The van der Waals surface area contributed by atoms with Crippen molar-refractivity contribution in [2.45, 2.75) is 50.2 Å². The van der Waals surface area contributed by atoms with E-state index in [0.29, 0.717) is 31.5 Å². The van der Waals surface area contributed by atoms with Crippen molar-refractivity contribution in [3.8, 4) is 0 Å². The summed E-state index contributed by atoms with van der Waals surface area (Å²) >= 11 is 0. The minimum Gasteiger partial charge on any atom is -0.444 e. The molecule has 2 aliphatic rings. The summed E-state index contributed by atoms with van der Waals surface area (Å²) in [4.78, 5) is 37.9. The van der Waals surface area contributed by atoms with Crippen LogP contribution in [0.2, 0.25) is 0 Å². The van der Waals surface area contributed by atoms with E-state index in [4.69, 9.17) is 4.74 Å². The predicted molar refractivity (Wildman–Crippen MR) is 117 cm³/mol. The topological polar surface area (TPSA) is 125 Å². The van der Waals surface area contributed by atoms with Gasteiger partial charge in [-0.15, -0.1) is 0 Å². The van der Waals surface area contributed by atoms with E-state index < -0.39 is 15.6 Å². The van der Waals surface area contributed by atoms with Gasteiger partial charge in [0.15, 0.2) is 0 Å². The summed E-state index contributed by atoms with van der Waals surface area (Å²) in [5, 5.41) is 5.53. The first-order valence-corrected chi connectivity index (χ1v) is 12.1. The number of amides is 3. The van der Waals surface area contributed by atoms with Crippen LogP contribution in [0.1, 0.15) is 44.0 Å². The Balaban J connectivity index is 1.54. The number of piperazine rings is 1. The molecule has 2 aliphatic heterocycles. The number of carbonyl (C=O) groups is 3. The zero-order chi connectivity index (χ0) is 23.5. The maximum atomic E-state index is 12.7.